The Kier molecular flexibility index (Phi) is 3.98. The standard InChI is InChI=1S/C14H22N2O/c1-10(2)9-11-12(14(11,3)4)13(17)16(5)8-6-7-15/h9,11-12H,6,8H2,1-5H3. The predicted molar refractivity (Wildman–Crippen MR) is 68.1 cm³/mol. The zero-order valence-corrected chi connectivity index (χ0v) is 11.4. The highest BCUT2D eigenvalue weighted by Gasteiger charge is 2.60. The SMILES string of the molecule is CC(C)=CC1C(C(=O)N(C)CCC#N)C1(C)C. The van der Waals surface area contributed by atoms with Crippen LogP contribution in [0.5, 0.6) is 0 Å². The second-order valence-electron chi connectivity index (χ2n) is 5.74. The summed E-state index contributed by atoms with van der Waals surface area (Å²) >= 11 is 0. The smallest absolute Gasteiger partial charge is 0.226 e. The molecule has 0 N–H and O–H groups in total. The molecule has 1 fully saturated rings. The van der Waals surface area contributed by atoms with Gasteiger partial charge >= 0.3 is 0 Å². The van der Waals surface area contributed by atoms with Crippen LogP contribution in [0.1, 0.15) is 34.1 Å². The van der Waals surface area contributed by atoms with Crippen LogP contribution in [-0.4, -0.2) is 24.4 Å². The maximum absolute atomic E-state index is 12.2. The van der Waals surface area contributed by atoms with Gasteiger partial charge in [0.1, 0.15) is 0 Å². The van der Waals surface area contributed by atoms with Gasteiger partial charge in [-0.25, -0.2) is 0 Å². The lowest BCUT2D eigenvalue weighted by molar-refractivity contribution is -0.132. The maximum atomic E-state index is 12.2. The van der Waals surface area contributed by atoms with Crippen molar-refractivity contribution in [3.05, 3.63) is 11.6 Å². The first-order valence-electron chi connectivity index (χ1n) is 6.09. The molecule has 1 aliphatic carbocycles. The highest BCUT2D eigenvalue weighted by Crippen LogP contribution is 2.59. The fourth-order valence-electron chi connectivity index (χ4n) is 2.38. The minimum absolute atomic E-state index is 0.0647. The molecule has 0 saturated heterocycles. The summed E-state index contributed by atoms with van der Waals surface area (Å²) in [5.74, 6) is 0.610. The first-order chi connectivity index (χ1) is 7.82. The van der Waals surface area contributed by atoms with Gasteiger partial charge in [-0.1, -0.05) is 25.5 Å². The van der Waals surface area contributed by atoms with Crippen LogP contribution in [0.15, 0.2) is 11.6 Å². The molecule has 0 aromatic rings. The molecule has 2 unspecified atom stereocenters. The molecule has 0 bridgehead atoms. The molecule has 0 aliphatic heterocycles. The molecule has 1 amide bonds. The van der Waals surface area contributed by atoms with Crippen molar-refractivity contribution in [2.45, 2.75) is 34.1 Å². The summed E-state index contributed by atoms with van der Waals surface area (Å²) in [5.41, 5.74) is 1.33. The Morgan fingerprint density at radius 3 is 2.53 bits per heavy atom. The van der Waals surface area contributed by atoms with E-state index < -0.39 is 0 Å². The van der Waals surface area contributed by atoms with Gasteiger partial charge in [0.05, 0.1) is 18.4 Å². The number of hydrogen-bond acceptors (Lipinski definition) is 2. The zero-order valence-electron chi connectivity index (χ0n) is 11.4. The Bertz CT molecular complexity index is 372. The van der Waals surface area contributed by atoms with Crippen LogP contribution in [0, 0.1) is 28.6 Å². The Morgan fingerprint density at radius 2 is 2.06 bits per heavy atom. The topological polar surface area (TPSA) is 44.1 Å². The molecule has 0 aromatic carbocycles. The summed E-state index contributed by atoms with van der Waals surface area (Å²) in [7, 11) is 1.79. The highest BCUT2D eigenvalue weighted by molar-refractivity contribution is 5.83. The molecular weight excluding hydrogens is 212 g/mol. The molecule has 0 heterocycles. The average Bonchev–Trinajstić information content (AvgIpc) is 2.75. The lowest BCUT2D eigenvalue weighted by atomic mass is 10.1. The summed E-state index contributed by atoms with van der Waals surface area (Å²) < 4.78 is 0. The Morgan fingerprint density at radius 1 is 1.47 bits per heavy atom. The van der Waals surface area contributed by atoms with Crippen molar-refractivity contribution >= 4 is 5.91 Å². The van der Waals surface area contributed by atoms with Gasteiger partial charge in [-0.15, -0.1) is 0 Å². The summed E-state index contributed by atoms with van der Waals surface area (Å²) in [4.78, 5) is 13.9. The molecule has 0 spiro atoms. The lowest BCUT2D eigenvalue weighted by Crippen LogP contribution is -2.30. The van der Waals surface area contributed by atoms with Gasteiger partial charge in [-0.3, -0.25) is 4.79 Å². The van der Waals surface area contributed by atoms with E-state index in [2.05, 4.69) is 39.8 Å². The van der Waals surface area contributed by atoms with Crippen molar-refractivity contribution in [1.29, 1.82) is 5.26 Å². The van der Waals surface area contributed by atoms with Crippen LogP contribution in [0.3, 0.4) is 0 Å². The van der Waals surface area contributed by atoms with Crippen molar-refractivity contribution in [3.8, 4) is 6.07 Å². The molecule has 17 heavy (non-hydrogen) atoms. The molecule has 0 radical (unpaired) electrons. The van der Waals surface area contributed by atoms with Crippen LogP contribution in [0.25, 0.3) is 0 Å². The normalized spacial score (nSPS) is 24.7. The molecule has 1 rings (SSSR count). The first kappa shape index (κ1) is 13.8. The quantitative estimate of drug-likeness (QED) is 0.702. The second-order valence-corrected chi connectivity index (χ2v) is 5.74. The van der Waals surface area contributed by atoms with E-state index in [0.717, 1.165) is 0 Å². The van der Waals surface area contributed by atoms with Crippen molar-refractivity contribution < 1.29 is 4.79 Å². The van der Waals surface area contributed by atoms with E-state index in [-0.39, 0.29) is 17.2 Å². The third-order valence-corrected chi connectivity index (χ3v) is 3.62. The van der Waals surface area contributed by atoms with Gasteiger partial charge in [-0.05, 0) is 25.2 Å². The van der Waals surface area contributed by atoms with Crippen LogP contribution in [0.2, 0.25) is 0 Å². The van der Waals surface area contributed by atoms with Gasteiger partial charge in [0.2, 0.25) is 5.91 Å². The molecule has 2 atom stereocenters. The van der Waals surface area contributed by atoms with Gasteiger partial charge in [0.25, 0.3) is 0 Å². The average molecular weight is 234 g/mol. The highest BCUT2D eigenvalue weighted by atomic mass is 16.2. The number of amides is 1. The monoisotopic (exact) mass is 234 g/mol. The molecule has 1 aliphatic rings. The molecule has 3 nitrogen and oxygen atoms in total. The molecule has 3 heteroatoms. The van der Waals surface area contributed by atoms with E-state index in [1.807, 2.05) is 0 Å². The van der Waals surface area contributed by atoms with Gasteiger partial charge in [0, 0.05) is 13.6 Å². The van der Waals surface area contributed by atoms with Crippen molar-refractivity contribution in [3.63, 3.8) is 0 Å². The number of nitriles is 1. The summed E-state index contributed by atoms with van der Waals surface area (Å²) in [5, 5.41) is 8.53. The third-order valence-electron chi connectivity index (χ3n) is 3.62. The van der Waals surface area contributed by atoms with E-state index in [1.54, 1.807) is 11.9 Å². The van der Waals surface area contributed by atoms with Crippen LogP contribution in [0.4, 0.5) is 0 Å². The first-order valence-corrected chi connectivity index (χ1v) is 6.09. The fourth-order valence-corrected chi connectivity index (χ4v) is 2.38. The van der Waals surface area contributed by atoms with Crippen LogP contribution >= 0.6 is 0 Å². The second kappa shape index (κ2) is 4.91. The van der Waals surface area contributed by atoms with E-state index in [0.29, 0.717) is 18.9 Å². The van der Waals surface area contributed by atoms with E-state index in [4.69, 9.17) is 5.26 Å². The van der Waals surface area contributed by atoms with E-state index >= 15 is 0 Å². The molecule has 0 aromatic heterocycles. The predicted octanol–water partition coefficient (Wildman–Crippen LogP) is 2.60. The summed E-state index contributed by atoms with van der Waals surface area (Å²) in [6.07, 6.45) is 2.60. The lowest BCUT2D eigenvalue weighted by Gasteiger charge is -2.16. The Balaban J connectivity index is 2.66. The number of nitrogens with zero attached hydrogens (tertiary/aromatic N) is 2. The van der Waals surface area contributed by atoms with Crippen LogP contribution in [-0.2, 0) is 4.79 Å². The number of hydrogen-bond donors (Lipinski definition) is 0. The van der Waals surface area contributed by atoms with Crippen molar-refractivity contribution in [1.82, 2.24) is 4.90 Å². The molecule has 94 valence electrons. The number of rotatable bonds is 4. The van der Waals surface area contributed by atoms with E-state index in [1.165, 1.54) is 5.57 Å². The number of carbonyl (C=O) groups is 1. The zero-order chi connectivity index (χ0) is 13.2. The maximum Gasteiger partial charge on any atom is 0.226 e. The van der Waals surface area contributed by atoms with Gasteiger partial charge < -0.3 is 4.90 Å². The molecule has 1 saturated carbocycles. The fraction of sp³-hybridized carbons (Fsp3) is 0.714. The minimum Gasteiger partial charge on any atom is -0.344 e. The van der Waals surface area contributed by atoms with Gasteiger partial charge in [0.15, 0.2) is 0 Å². The third kappa shape index (κ3) is 2.88. The van der Waals surface area contributed by atoms with Crippen molar-refractivity contribution in [2.75, 3.05) is 13.6 Å². The largest absolute Gasteiger partial charge is 0.344 e. The number of carbonyl (C=O) groups excluding carboxylic acids is 1. The van der Waals surface area contributed by atoms with Crippen molar-refractivity contribution in [2.24, 2.45) is 17.3 Å². The summed E-state index contributed by atoms with van der Waals surface area (Å²) in [6, 6.07) is 2.07. The Hall–Kier alpha value is -1.30. The minimum atomic E-state index is 0.0647. The molecular formula is C14H22N2O. The summed E-state index contributed by atoms with van der Waals surface area (Å²) in [6.45, 7) is 8.93. The number of allylic oxidation sites excluding steroid dienone is 2. The van der Waals surface area contributed by atoms with Gasteiger partial charge in [-0.2, -0.15) is 5.26 Å². The van der Waals surface area contributed by atoms with E-state index in [9.17, 15) is 4.79 Å². The Labute approximate surface area is 104 Å². The van der Waals surface area contributed by atoms with Crippen LogP contribution < -0.4 is 0 Å².